The number of nitrogens with zero attached hydrogens (tertiary/aromatic N) is 1. The highest BCUT2D eigenvalue weighted by molar-refractivity contribution is 9.10. The number of guanidine groups is 1. The maximum Gasteiger partial charge on any atom is 0.191 e. The molecule has 0 saturated heterocycles. The number of ether oxygens (including phenoxy) is 3. The van der Waals surface area contributed by atoms with Crippen LogP contribution >= 0.6 is 15.9 Å². The van der Waals surface area contributed by atoms with Crippen LogP contribution in [-0.4, -0.2) is 46.0 Å². The van der Waals surface area contributed by atoms with Gasteiger partial charge in [0.25, 0.3) is 0 Å². The third kappa shape index (κ3) is 6.20. The maximum absolute atomic E-state index is 5.42. The minimum absolute atomic E-state index is 0.261. The first-order chi connectivity index (χ1) is 11.4. The van der Waals surface area contributed by atoms with Crippen LogP contribution in [0.2, 0.25) is 0 Å². The van der Waals surface area contributed by atoms with Crippen molar-refractivity contribution in [2.75, 3.05) is 34.4 Å². The van der Waals surface area contributed by atoms with Crippen LogP contribution in [0.15, 0.2) is 21.6 Å². The third-order valence-electron chi connectivity index (χ3n) is 3.49. The molecule has 1 aromatic rings. The Bertz CT molecular complexity index is 562. The van der Waals surface area contributed by atoms with E-state index in [1.807, 2.05) is 32.9 Å². The van der Waals surface area contributed by atoms with Crippen molar-refractivity contribution >= 4 is 21.9 Å². The van der Waals surface area contributed by atoms with Gasteiger partial charge in [-0.1, -0.05) is 0 Å². The molecule has 24 heavy (non-hydrogen) atoms. The molecule has 7 heteroatoms. The summed E-state index contributed by atoms with van der Waals surface area (Å²) in [4.78, 5) is 4.61. The van der Waals surface area contributed by atoms with Crippen molar-refractivity contribution in [3.8, 4) is 11.5 Å². The maximum atomic E-state index is 5.42. The third-order valence-corrected chi connectivity index (χ3v) is 4.08. The molecule has 1 rings (SSSR count). The van der Waals surface area contributed by atoms with E-state index in [1.165, 1.54) is 0 Å². The van der Waals surface area contributed by atoms with Gasteiger partial charge in [0.1, 0.15) is 0 Å². The molecule has 1 aromatic carbocycles. The number of rotatable bonds is 8. The molecule has 0 heterocycles. The Balaban J connectivity index is 2.88. The summed E-state index contributed by atoms with van der Waals surface area (Å²) in [5, 5.41) is 6.53. The lowest BCUT2D eigenvalue weighted by molar-refractivity contribution is 0.0268. The Morgan fingerprint density at radius 3 is 2.42 bits per heavy atom. The summed E-state index contributed by atoms with van der Waals surface area (Å²) >= 11 is 3.50. The molecule has 0 unspecified atom stereocenters. The molecule has 0 spiro atoms. The van der Waals surface area contributed by atoms with E-state index >= 15 is 0 Å². The monoisotopic (exact) mass is 401 g/mol. The van der Waals surface area contributed by atoms with Gasteiger partial charge in [0.2, 0.25) is 0 Å². The average molecular weight is 402 g/mol. The van der Waals surface area contributed by atoms with Crippen molar-refractivity contribution in [3.63, 3.8) is 0 Å². The molecule has 0 saturated carbocycles. The summed E-state index contributed by atoms with van der Waals surface area (Å²) in [6, 6.07) is 3.91. The van der Waals surface area contributed by atoms with E-state index in [0.29, 0.717) is 24.6 Å². The smallest absolute Gasteiger partial charge is 0.191 e. The molecule has 0 fully saturated rings. The summed E-state index contributed by atoms with van der Waals surface area (Å²) in [5.41, 5.74) is 0.755. The largest absolute Gasteiger partial charge is 0.493 e. The Labute approximate surface area is 153 Å². The first kappa shape index (κ1) is 20.6. The van der Waals surface area contributed by atoms with Crippen LogP contribution in [0, 0.1) is 0 Å². The van der Waals surface area contributed by atoms with Gasteiger partial charge in [-0.05, 0) is 54.4 Å². The average Bonchev–Trinajstić information content (AvgIpc) is 2.56. The van der Waals surface area contributed by atoms with Gasteiger partial charge < -0.3 is 24.8 Å². The van der Waals surface area contributed by atoms with Gasteiger partial charge in [-0.2, -0.15) is 0 Å². The van der Waals surface area contributed by atoms with Crippen LogP contribution in [0.5, 0.6) is 11.5 Å². The van der Waals surface area contributed by atoms with E-state index in [4.69, 9.17) is 14.2 Å². The summed E-state index contributed by atoms with van der Waals surface area (Å²) in [5.74, 6) is 2.10. The van der Waals surface area contributed by atoms with Crippen molar-refractivity contribution < 1.29 is 14.2 Å². The molecule has 6 nitrogen and oxygen atoms in total. The summed E-state index contributed by atoms with van der Waals surface area (Å²) < 4.78 is 17.0. The number of halogens is 1. The zero-order chi connectivity index (χ0) is 18.2. The van der Waals surface area contributed by atoms with E-state index in [9.17, 15) is 0 Å². The van der Waals surface area contributed by atoms with Gasteiger partial charge in [0.15, 0.2) is 17.5 Å². The van der Waals surface area contributed by atoms with Gasteiger partial charge in [-0.25, -0.2) is 4.99 Å². The van der Waals surface area contributed by atoms with Crippen molar-refractivity contribution in [2.45, 2.75) is 32.9 Å². The molecular formula is C17H28BrN3O3. The first-order valence-corrected chi connectivity index (χ1v) is 8.63. The van der Waals surface area contributed by atoms with E-state index in [2.05, 4.69) is 31.6 Å². The highest BCUT2D eigenvalue weighted by Gasteiger charge is 2.16. The lowest BCUT2D eigenvalue weighted by atomic mass is 10.1. The predicted molar refractivity (Wildman–Crippen MR) is 101 cm³/mol. The van der Waals surface area contributed by atoms with Crippen LogP contribution in [0.25, 0.3) is 0 Å². The fraction of sp³-hybridized carbons (Fsp3) is 0.588. The summed E-state index contributed by atoms with van der Waals surface area (Å²) in [6.07, 6.45) is 0. The second-order valence-electron chi connectivity index (χ2n) is 5.83. The number of aliphatic imine (C=N–C) groups is 1. The van der Waals surface area contributed by atoms with Crippen LogP contribution in [0.4, 0.5) is 0 Å². The summed E-state index contributed by atoms with van der Waals surface area (Å²) in [7, 11) is 4.94. The standard InChI is InChI=1S/C17H28BrN3O3/c1-7-19-16(21-11-17(2,3)24-6)20-10-12-8-13(18)15(23-5)14(9-12)22-4/h8-9H,7,10-11H2,1-6H3,(H2,19,20,21). The van der Waals surface area contributed by atoms with Crippen molar-refractivity contribution in [3.05, 3.63) is 22.2 Å². The topological polar surface area (TPSA) is 64.1 Å². The fourth-order valence-electron chi connectivity index (χ4n) is 1.94. The number of hydrogen-bond acceptors (Lipinski definition) is 4. The second kappa shape index (κ2) is 9.74. The van der Waals surface area contributed by atoms with Gasteiger partial charge in [-0.15, -0.1) is 0 Å². The molecule has 136 valence electrons. The lowest BCUT2D eigenvalue weighted by Gasteiger charge is -2.24. The zero-order valence-corrected chi connectivity index (χ0v) is 16.9. The molecule has 0 aromatic heterocycles. The van der Waals surface area contributed by atoms with E-state index in [1.54, 1.807) is 21.3 Å². The quantitative estimate of drug-likeness (QED) is 0.517. The van der Waals surface area contributed by atoms with Gasteiger partial charge in [-0.3, -0.25) is 0 Å². The highest BCUT2D eigenvalue weighted by Crippen LogP contribution is 2.36. The number of methoxy groups -OCH3 is 3. The fourth-order valence-corrected chi connectivity index (χ4v) is 2.59. The minimum atomic E-state index is -0.261. The Hall–Kier alpha value is -1.47. The lowest BCUT2D eigenvalue weighted by Crippen LogP contribution is -2.45. The number of benzene rings is 1. The number of hydrogen-bond donors (Lipinski definition) is 2. The number of nitrogens with one attached hydrogen (secondary N) is 2. The Morgan fingerprint density at radius 2 is 1.88 bits per heavy atom. The van der Waals surface area contributed by atoms with Crippen LogP contribution in [-0.2, 0) is 11.3 Å². The Morgan fingerprint density at radius 1 is 1.17 bits per heavy atom. The van der Waals surface area contributed by atoms with Crippen molar-refractivity contribution in [2.24, 2.45) is 4.99 Å². The van der Waals surface area contributed by atoms with Crippen LogP contribution in [0.3, 0.4) is 0 Å². The van der Waals surface area contributed by atoms with Crippen molar-refractivity contribution in [1.82, 2.24) is 10.6 Å². The van der Waals surface area contributed by atoms with E-state index < -0.39 is 0 Å². The SMILES string of the molecule is CCNC(=NCc1cc(Br)c(OC)c(OC)c1)NCC(C)(C)OC. The predicted octanol–water partition coefficient (Wildman–Crippen LogP) is 2.95. The molecule has 0 aliphatic rings. The van der Waals surface area contributed by atoms with Crippen molar-refractivity contribution in [1.29, 1.82) is 0 Å². The zero-order valence-electron chi connectivity index (χ0n) is 15.3. The van der Waals surface area contributed by atoms with Crippen LogP contribution < -0.4 is 20.1 Å². The van der Waals surface area contributed by atoms with E-state index in [-0.39, 0.29) is 5.60 Å². The normalized spacial score (nSPS) is 12.0. The first-order valence-electron chi connectivity index (χ1n) is 7.84. The highest BCUT2D eigenvalue weighted by atomic mass is 79.9. The van der Waals surface area contributed by atoms with E-state index in [0.717, 1.165) is 22.5 Å². The van der Waals surface area contributed by atoms with Gasteiger partial charge in [0, 0.05) is 20.2 Å². The molecule has 0 radical (unpaired) electrons. The Kier molecular flexibility index (Phi) is 8.35. The molecule has 0 atom stereocenters. The molecular weight excluding hydrogens is 374 g/mol. The van der Waals surface area contributed by atoms with Crippen LogP contribution in [0.1, 0.15) is 26.3 Å². The molecule has 0 amide bonds. The summed E-state index contributed by atoms with van der Waals surface area (Å²) in [6.45, 7) is 8.04. The molecule has 0 bridgehead atoms. The molecule has 2 N–H and O–H groups in total. The van der Waals surface area contributed by atoms with Gasteiger partial charge >= 0.3 is 0 Å². The molecule has 0 aliphatic carbocycles. The second-order valence-corrected chi connectivity index (χ2v) is 6.68. The minimum Gasteiger partial charge on any atom is -0.493 e. The van der Waals surface area contributed by atoms with Gasteiger partial charge in [0.05, 0.1) is 30.8 Å². The molecule has 0 aliphatic heterocycles.